The lowest BCUT2D eigenvalue weighted by Gasteiger charge is -2.31. The Morgan fingerprint density at radius 2 is 1.71 bits per heavy atom. The van der Waals surface area contributed by atoms with Crippen LogP contribution in [0.2, 0.25) is 0 Å². The Morgan fingerprint density at radius 1 is 1.17 bits per heavy atom. The number of likely N-dealkylation sites (tertiary alicyclic amines) is 1. The molecular weight excluding hydrogens is 327 g/mol. The third-order valence-corrected chi connectivity index (χ3v) is 3.67. The second-order valence-corrected chi connectivity index (χ2v) is 6.63. The molecule has 0 aliphatic carbocycles. The molecule has 0 bridgehead atoms. The van der Waals surface area contributed by atoms with Crippen molar-refractivity contribution in [2.45, 2.75) is 51.3 Å². The van der Waals surface area contributed by atoms with Crippen molar-refractivity contribution in [3.63, 3.8) is 0 Å². The van der Waals surface area contributed by atoms with E-state index in [4.69, 9.17) is 4.74 Å². The molecule has 0 radical (unpaired) electrons. The zero-order valence-corrected chi connectivity index (χ0v) is 13.5. The van der Waals surface area contributed by atoms with Crippen LogP contribution in [0.1, 0.15) is 45.2 Å². The standard InChI is InChI=1S/C16H18F3NO4/c1-16(2,3)24-15(23)20-11(4-5-12(20)14(21)22)8-6-9(17)13(19)10(18)7-8/h6-7,11-12H,4-5H2,1-3H3,(H,21,22)/t11-,12+/m0/s1. The number of carboxylic acid groups (broad SMARTS) is 1. The summed E-state index contributed by atoms with van der Waals surface area (Å²) in [6.07, 6.45) is -0.636. The van der Waals surface area contributed by atoms with Crippen LogP contribution in [-0.4, -0.2) is 33.7 Å². The van der Waals surface area contributed by atoms with E-state index in [1.165, 1.54) is 0 Å². The largest absolute Gasteiger partial charge is 0.480 e. The zero-order valence-electron chi connectivity index (χ0n) is 13.5. The van der Waals surface area contributed by atoms with Gasteiger partial charge in [0.05, 0.1) is 6.04 Å². The molecule has 1 N–H and O–H groups in total. The molecular formula is C16H18F3NO4. The zero-order chi connectivity index (χ0) is 18.2. The van der Waals surface area contributed by atoms with Gasteiger partial charge in [0.1, 0.15) is 11.6 Å². The number of carboxylic acids is 1. The number of aliphatic carboxylic acids is 1. The van der Waals surface area contributed by atoms with Crippen LogP contribution in [0, 0.1) is 17.5 Å². The van der Waals surface area contributed by atoms with Gasteiger partial charge in [-0.2, -0.15) is 0 Å². The fraction of sp³-hybridized carbons (Fsp3) is 0.500. The molecule has 24 heavy (non-hydrogen) atoms. The second kappa shape index (κ2) is 6.33. The van der Waals surface area contributed by atoms with Crippen molar-refractivity contribution < 1.29 is 32.6 Å². The molecule has 1 heterocycles. The van der Waals surface area contributed by atoms with Crippen LogP contribution in [0.3, 0.4) is 0 Å². The lowest BCUT2D eigenvalue weighted by atomic mass is 10.0. The number of ether oxygens (including phenoxy) is 1. The first-order valence-electron chi connectivity index (χ1n) is 7.40. The van der Waals surface area contributed by atoms with Gasteiger partial charge in [0.2, 0.25) is 0 Å². The maximum absolute atomic E-state index is 13.5. The molecule has 5 nitrogen and oxygen atoms in total. The summed E-state index contributed by atoms with van der Waals surface area (Å²) in [6, 6.07) is -0.554. The van der Waals surface area contributed by atoms with E-state index in [2.05, 4.69) is 0 Å². The van der Waals surface area contributed by atoms with Gasteiger partial charge in [-0.3, -0.25) is 4.90 Å². The molecule has 2 rings (SSSR count). The van der Waals surface area contributed by atoms with Crippen LogP contribution in [0.5, 0.6) is 0 Å². The SMILES string of the molecule is CC(C)(C)OC(=O)N1[C@@H](C(=O)O)CC[C@H]1c1cc(F)c(F)c(F)c1. The summed E-state index contributed by atoms with van der Waals surface area (Å²) in [4.78, 5) is 24.7. The minimum Gasteiger partial charge on any atom is -0.480 e. The first-order chi connectivity index (χ1) is 11.0. The van der Waals surface area contributed by atoms with E-state index in [1.807, 2.05) is 0 Å². The van der Waals surface area contributed by atoms with Crippen LogP contribution in [0.15, 0.2) is 12.1 Å². The maximum Gasteiger partial charge on any atom is 0.411 e. The van der Waals surface area contributed by atoms with E-state index < -0.39 is 47.2 Å². The highest BCUT2D eigenvalue weighted by Crippen LogP contribution is 2.38. The third-order valence-electron chi connectivity index (χ3n) is 3.67. The Hall–Kier alpha value is -2.25. The van der Waals surface area contributed by atoms with Gasteiger partial charge < -0.3 is 9.84 Å². The van der Waals surface area contributed by atoms with E-state index in [1.54, 1.807) is 20.8 Å². The van der Waals surface area contributed by atoms with Crippen molar-refractivity contribution in [2.24, 2.45) is 0 Å². The topological polar surface area (TPSA) is 66.8 Å². The number of carbonyl (C=O) groups excluding carboxylic acids is 1. The third kappa shape index (κ3) is 3.63. The van der Waals surface area contributed by atoms with Crippen molar-refractivity contribution in [3.05, 3.63) is 35.1 Å². The molecule has 1 aliphatic rings. The highest BCUT2D eigenvalue weighted by atomic mass is 19.2. The summed E-state index contributed by atoms with van der Waals surface area (Å²) in [5.74, 6) is -5.65. The van der Waals surface area contributed by atoms with Gasteiger partial charge in [-0.1, -0.05) is 0 Å². The Bertz CT molecular complexity index is 649. The Morgan fingerprint density at radius 3 is 2.17 bits per heavy atom. The van der Waals surface area contributed by atoms with Crippen molar-refractivity contribution in [1.82, 2.24) is 4.90 Å². The van der Waals surface area contributed by atoms with Gasteiger partial charge in [-0.25, -0.2) is 22.8 Å². The van der Waals surface area contributed by atoms with E-state index in [0.717, 1.165) is 17.0 Å². The number of carbonyl (C=O) groups is 2. The van der Waals surface area contributed by atoms with Gasteiger partial charge in [-0.15, -0.1) is 0 Å². The predicted molar refractivity (Wildman–Crippen MR) is 77.8 cm³/mol. The molecule has 2 atom stereocenters. The molecule has 132 valence electrons. The summed E-state index contributed by atoms with van der Waals surface area (Å²) in [6.45, 7) is 4.84. The lowest BCUT2D eigenvalue weighted by molar-refractivity contribution is -0.142. The van der Waals surface area contributed by atoms with Crippen molar-refractivity contribution in [3.8, 4) is 0 Å². The minimum absolute atomic E-state index is 0.0130. The van der Waals surface area contributed by atoms with Crippen LogP contribution in [0.4, 0.5) is 18.0 Å². The number of halogens is 3. The fourth-order valence-electron chi connectivity index (χ4n) is 2.72. The van der Waals surface area contributed by atoms with Gasteiger partial charge >= 0.3 is 12.1 Å². The first-order valence-corrected chi connectivity index (χ1v) is 7.40. The molecule has 0 unspecified atom stereocenters. The number of nitrogens with zero attached hydrogens (tertiary/aromatic N) is 1. The molecule has 1 aromatic carbocycles. The van der Waals surface area contributed by atoms with Crippen LogP contribution >= 0.6 is 0 Å². The van der Waals surface area contributed by atoms with E-state index >= 15 is 0 Å². The molecule has 8 heteroatoms. The fourth-order valence-corrected chi connectivity index (χ4v) is 2.72. The molecule has 1 fully saturated rings. The molecule has 1 aliphatic heterocycles. The van der Waals surface area contributed by atoms with Crippen molar-refractivity contribution >= 4 is 12.1 Å². The molecule has 0 saturated carbocycles. The van der Waals surface area contributed by atoms with E-state index in [0.29, 0.717) is 0 Å². The molecule has 0 spiro atoms. The minimum atomic E-state index is -1.62. The number of hydrogen-bond acceptors (Lipinski definition) is 3. The van der Waals surface area contributed by atoms with Crippen LogP contribution in [0.25, 0.3) is 0 Å². The summed E-state index contributed by atoms with van der Waals surface area (Å²) >= 11 is 0. The number of benzene rings is 1. The summed E-state index contributed by atoms with van der Waals surface area (Å²) in [5.41, 5.74) is -0.881. The Balaban J connectivity index is 2.41. The second-order valence-electron chi connectivity index (χ2n) is 6.63. The smallest absolute Gasteiger partial charge is 0.411 e. The Kier molecular flexibility index (Phi) is 4.77. The van der Waals surface area contributed by atoms with Crippen LogP contribution < -0.4 is 0 Å². The molecule has 1 amide bonds. The normalized spacial score (nSPS) is 21.0. The van der Waals surface area contributed by atoms with Gasteiger partial charge in [0.25, 0.3) is 0 Å². The quantitative estimate of drug-likeness (QED) is 0.831. The van der Waals surface area contributed by atoms with Crippen molar-refractivity contribution in [1.29, 1.82) is 0 Å². The summed E-state index contributed by atoms with van der Waals surface area (Å²) in [5, 5.41) is 9.29. The number of rotatable bonds is 2. The van der Waals surface area contributed by atoms with Gasteiger partial charge in [0.15, 0.2) is 17.5 Å². The molecule has 1 aromatic rings. The van der Waals surface area contributed by atoms with Gasteiger partial charge in [-0.05, 0) is 51.3 Å². The average Bonchev–Trinajstić information content (AvgIpc) is 2.87. The summed E-state index contributed by atoms with van der Waals surface area (Å²) in [7, 11) is 0. The van der Waals surface area contributed by atoms with E-state index in [-0.39, 0.29) is 18.4 Å². The first kappa shape index (κ1) is 18.1. The number of hydrogen-bond donors (Lipinski definition) is 1. The van der Waals surface area contributed by atoms with Crippen LogP contribution in [-0.2, 0) is 9.53 Å². The monoisotopic (exact) mass is 345 g/mol. The van der Waals surface area contributed by atoms with Gasteiger partial charge in [0, 0.05) is 0 Å². The average molecular weight is 345 g/mol. The maximum atomic E-state index is 13.5. The summed E-state index contributed by atoms with van der Waals surface area (Å²) < 4.78 is 45.3. The number of amides is 1. The van der Waals surface area contributed by atoms with Crippen molar-refractivity contribution in [2.75, 3.05) is 0 Å². The highest BCUT2D eigenvalue weighted by Gasteiger charge is 2.44. The molecule has 0 aromatic heterocycles. The molecule has 1 saturated heterocycles. The predicted octanol–water partition coefficient (Wildman–Crippen LogP) is 3.63. The highest BCUT2D eigenvalue weighted by molar-refractivity contribution is 5.81. The Labute approximate surface area is 137 Å². The lowest BCUT2D eigenvalue weighted by Crippen LogP contribution is -2.44. The van der Waals surface area contributed by atoms with E-state index in [9.17, 15) is 27.9 Å².